The van der Waals surface area contributed by atoms with Crippen molar-refractivity contribution in [2.75, 3.05) is 0 Å². The fraction of sp³-hybridized carbons (Fsp3) is 0.143. The third kappa shape index (κ3) is 1.13. The summed E-state index contributed by atoms with van der Waals surface area (Å²) in [5.41, 5.74) is 1.58. The van der Waals surface area contributed by atoms with Crippen molar-refractivity contribution in [2.45, 2.75) is 6.92 Å². The summed E-state index contributed by atoms with van der Waals surface area (Å²) in [5.74, 6) is 0.669. The normalized spacial score (nSPS) is 10.4. The van der Waals surface area contributed by atoms with Crippen LogP contribution < -0.4 is 5.59 Å². The lowest BCUT2D eigenvalue weighted by molar-refractivity contribution is 1.06. The van der Waals surface area contributed by atoms with Gasteiger partial charge in [-0.1, -0.05) is 0 Å². The van der Waals surface area contributed by atoms with Crippen LogP contribution in [0, 0.1) is 6.92 Å². The Labute approximate surface area is 70.5 Å². The average Bonchev–Trinajstić information content (AvgIpc) is 2.03. The molecular formula is C7H5BN4. The summed E-state index contributed by atoms with van der Waals surface area (Å²) in [6, 6.07) is 0. The molecule has 5 heteroatoms. The second-order valence-corrected chi connectivity index (χ2v) is 2.42. The lowest BCUT2D eigenvalue weighted by atomic mass is 10.1. The smallest absolute Gasteiger partial charge is 0.180 e. The fourth-order valence-corrected chi connectivity index (χ4v) is 0.912. The van der Waals surface area contributed by atoms with Crippen LogP contribution in [0.25, 0.3) is 11.2 Å². The van der Waals surface area contributed by atoms with Crippen LogP contribution in [0.1, 0.15) is 5.82 Å². The molecule has 2 aromatic rings. The molecule has 2 aromatic heterocycles. The van der Waals surface area contributed by atoms with E-state index in [0.29, 0.717) is 22.6 Å². The van der Waals surface area contributed by atoms with Crippen molar-refractivity contribution in [1.82, 2.24) is 19.9 Å². The van der Waals surface area contributed by atoms with E-state index in [-0.39, 0.29) is 0 Å². The molecule has 4 nitrogen and oxygen atoms in total. The second kappa shape index (κ2) is 2.51. The Morgan fingerprint density at radius 1 is 1.17 bits per heavy atom. The number of hydrogen-bond acceptors (Lipinski definition) is 4. The zero-order valence-corrected chi connectivity index (χ0v) is 6.52. The number of aromatic nitrogens is 4. The van der Waals surface area contributed by atoms with Crippen molar-refractivity contribution in [3.8, 4) is 0 Å². The minimum atomic E-state index is 0.376. The van der Waals surface area contributed by atoms with Crippen LogP contribution >= 0.6 is 0 Å². The Morgan fingerprint density at radius 2 is 2.00 bits per heavy atom. The van der Waals surface area contributed by atoms with Gasteiger partial charge in [0.25, 0.3) is 0 Å². The molecule has 0 bridgehead atoms. The summed E-state index contributed by atoms with van der Waals surface area (Å²) >= 11 is 0. The van der Waals surface area contributed by atoms with Gasteiger partial charge in [-0.05, 0) is 6.92 Å². The molecule has 0 aliphatic rings. The van der Waals surface area contributed by atoms with Crippen LogP contribution in [-0.4, -0.2) is 27.8 Å². The zero-order valence-electron chi connectivity index (χ0n) is 6.52. The Morgan fingerprint density at radius 3 is 2.83 bits per heavy atom. The molecular weight excluding hydrogens is 151 g/mol. The highest BCUT2D eigenvalue weighted by molar-refractivity contribution is 6.30. The number of nitrogens with zero attached hydrogens (tertiary/aromatic N) is 4. The highest BCUT2D eigenvalue weighted by atomic mass is 15.0. The molecule has 2 rings (SSSR count). The number of fused-ring (bicyclic) bond motifs is 1. The minimum absolute atomic E-state index is 0.376. The number of hydrogen-bond donors (Lipinski definition) is 0. The van der Waals surface area contributed by atoms with E-state index in [1.54, 1.807) is 13.1 Å². The molecule has 0 fully saturated rings. The van der Waals surface area contributed by atoms with E-state index >= 15 is 0 Å². The zero-order chi connectivity index (χ0) is 8.55. The molecule has 0 N–H and O–H groups in total. The van der Waals surface area contributed by atoms with Crippen LogP contribution in [0.3, 0.4) is 0 Å². The first-order chi connectivity index (χ1) is 5.75. The maximum absolute atomic E-state index is 5.44. The van der Waals surface area contributed by atoms with Crippen LogP contribution in [0.5, 0.6) is 0 Å². The monoisotopic (exact) mass is 156 g/mol. The van der Waals surface area contributed by atoms with Gasteiger partial charge in [0.05, 0.1) is 6.20 Å². The lowest BCUT2D eigenvalue weighted by Gasteiger charge is -1.96. The SMILES string of the molecule is [B]c1cnc2cnc(C)nc2n1. The fourth-order valence-electron chi connectivity index (χ4n) is 0.912. The van der Waals surface area contributed by atoms with E-state index in [1.807, 2.05) is 0 Å². The van der Waals surface area contributed by atoms with Crippen molar-refractivity contribution in [2.24, 2.45) is 0 Å². The van der Waals surface area contributed by atoms with Gasteiger partial charge < -0.3 is 0 Å². The maximum atomic E-state index is 5.44. The van der Waals surface area contributed by atoms with Crippen molar-refractivity contribution in [1.29, 1.82) is 0 Å². The third-order valence-electron chi connectivity index (χ3n) is 1.44. The van der Waals surface area contributed by atoms with Gasteiger partial charge in [-0.3, -0.25) is 4.98 Å². The van der Waals surface area contributed by atoms with Gasteiger partial charge in [-0.2, -0.15) is 0 Å². The highest BCUT2D eigenvalue weighted by Crippen LogP contribution is 2.00. The van der Waals surface area contributed by atoms with Gasteiger partial charge in [0, 0.05) is 11.8 Å². The first-order valence-corrected chi connectivity index (χ1v) is 3.47. The maximum Gasteiger partial charge on any atom is 0.180 e. The molecule has 0 aliphatic heterocycles. The van der Waals surface area contributed by atoms with Gasteiger partial charge in [-0.15, -0.1) is 0 Å². The van der Waals surface area contributed by atoms with E-state index in [2.05, 4.69) is 19.9 Å². The second-order valence-electron chi connectivity index (χ2n) is 2.42. The lowest BCUT2D eigenvalue weighted by Crippen LogP contribution is -2.10. The van der Waals surface area contributed by atoms with Gasteiger partial charge in [-0.25, -0.2) is 15.0 Å². The van der Waals surface area contributed by atoms with Crippen LogP contribution in [0.15, 0.2) is 12.4 Å². The molecule has 0 aromatic carbocycles. The van der Waals surface area contributed by atoms with Crippen molar-refractivity contribution in [3.05, 3.63) is 18.2 Å². The summed E-state index contributed by atoms with van der Waals surface area (Å²) in [7, 11) is 5.44. The summed E-state index contributed by atoms with van der Waals surface area (Å²) in [5, 5.41) is 0. The third-order valence-corrected chi connectivity index (χ3v) is 1.44. The number of rotatable bonds is 0. The molecule has 56 valence electrons. The summed E-state index contributed by atoms with van der Waals surface area (Å²) in [6.45, 7) is 1.80. The predicted molar refractivity (Wildman–Crippen MR) is 45.3 cm³/mol. The van der Waals surface area contributed by atoms with E-state index in [0.717, 1.165) is 0 Å². The van der Waals surface area contributed by atoms with Gasteiger partial charge in [0.1, 0.15) is 19.2 Å². The summed E-state index contributed by atoms with van der Waals surface area (Å²) < 4.78 is 0. The Hall–Kier alpha value is -1.52. The van der Waals surface area contributed by atoms with E-state index in [9.17, 15) is 0 Å². The van der Waals surface area contributed by atoms with E-state index < -0.39 is 0 Å². The first-order valence-electron chi connectivity index (χ1n) is 3.47. The van der Waals surface area contributed by atoms with Crippen molar-refractivity contribution in [3.63, 3.8) is 0 Å². The molecule has 2 radical (unpaired) electrons. The van der Waals surface area contributed by atoms with Crippen LogP contribution in [-0.2, 0) is 0 Å². The topological polar surface area (TPSA) is 51.6 Å². The summed E-state index contributed by atoms with van der Waals surface area (Å²) in [4.78, 5) is 16.1. The molecule has 0 saturated heterocycles. The van der Waals surface area contributed by atoms with Crippen LogP contribution in [0.4, 0.5) is 0 Å². The van der Waals surface area contributed by atoms with Crippen molar-refractivity contribution >= 4 is 24.6 Å². The molecule has 0 atom stereocenters. The minimum Gasteiger partial charge on any atom is -0.250 e. The van der Waals surface area contributed by atoms with Gasteiger partial charge >= 0.3 is 0 Å². The quantitative estimate of drug-likeness (QED) is 0.483. The van der Waals surface area contributed by atoms with E-state index in [1.165, 1.54) is 6.20 Å². The molecule has 0 spiro atoms. The predicted octanol–water partition coefficient (Wildman–Crippen LogP) is -0.478. The van der Waals surface area contributed by atoms with E-state index in [4.69, 9.17) is 7.85 Å². The molecule has 0 amide bonds. The first kappa shape index (κ1) is 7.15. The molecule has 0 saturated carbocycles. The molecule has 12 heavy (non-hydrogen) atoms. The standard InChI is InChI=1S/C7H5BN4/c1-4-9-2-5-7(11-4)12-6(8)3-10-5/h2-3H,1H3. The average molecular weight is 156 g/mol. The largest absolute Gasteiger partial charge is 0.250 e. The Bertz CT molecular complexity index is 392. The highest BCUT2D eigenvalue weighted by Gasteiger charge is 1.97. The summed E-state index contributed by atoms with van der Waals surface area (Å²) in [6.07, 6.45) is 3.12. The Balaban J connectivity index is 2.80. The molecule has 2 heterocycles. The Kier molecular flexibility index (Phi) is 1.50. The van der Waals surface area contributed by atoms with Gasteiger partial charge in [0.2, 0.25) is 0 Å². The molecule has 0 aliphatic carbocycles. The molecule has 0 unspecified atom stereocenters. The van der Waals surface area contributed by atoms with Crippen molar-refractivity contribution < 1.29 is 0 Å². The van der Waals surface area contributed by atoms with Crippen LogP contribution in [0.2, 0.25) is 0 Å². The number of aryl methyl sites for hydroxylation is 1. The van der Waals surface area contributed by atoms with Gasteiger partial charge in [0.15, 0.2) is 5.65 Å².